The molecule has 1 aromatic carbocycles. The highest BCUT2D eigenvalue weighted by Gasteiger charge is 2.23. The topological polar surface area (TPSA) is 91.4 Å². The molecule has 1 fully saturated rings. The third kappa shape index (κ3) is 4.77. The smallest absolute Gasteiger partial charge is 0.261 e. The summed E-state index contributed by atoms with van der Waals surface area (Å²) < 4.78 is 5.13. The zero-order valence-corrected chi connectivity index (χ0v) is 15.5. The molecule has 0 saturated heterocycles. The molecule has 6 heteroatoms. The number of benzene rings is 1. The van der Waals surface area contributed by atoms with E-state index in [9.17, 15) is 14.7 Å². The summed E-state index contributed by atoms with van der Waals surface area (Å²) in [6.07, 6.45) is 5.00. The SMILES string of the molecule is COc1ccc(-c2ccc(C(=O)N[C@H]3CCCCCC[C@@H]3O)c(=O)[nH]2)cc1. The lowest BCUT2D eigenvalue weighted by molar-refractivity contribution is 0.0770. The molecule has 1 heterocycles. The third-order valence-electron chi connectivity index (χ3n) is 5.10. The number of aromatic nitrogens is 1. The molecule has 144 valence electrons. The normalized spacial score (nSPS) is 20.4. The molecule has 0 bridgehead atoms. The highest BCUT2D eigenvalue weighted by Crippen LogP contribution is 2.20. The van der Waals surface area contributed by atoms with Crippen molar-refractivity contribution in [3.63, 3.8) is 0 Å². The molecule has 2 aromatic rings. The van der Waals surface area contributed by atoms with Gasteiger partial charge in [0.25, 0.3) is 11.5 Å². The summed E-state index contributed by atoms with van der Waals surface area (Å²) in [4.78, 5) is 27.7. The quantitative estimate of drug-likeness (QED) is 0.772. The highest BCUT2D eigenvalue weighted by molar-refractivity contribution is 5.94. The number of carbonyl (C=O) groups is 1. The number of rotatable bonds is 4. The van der Waals surface area contributed by atoms with Crippen LogP contribution in [0.2, 0.25) is 0 Å². The highest BCUT2D eigenvalue weighted by atomic mass is 16.5. The molecule has 0 unspecified atom stereocenters. The molecule has 0 spiro atoms. The first-order chi connectivity index (χ1) is 13.1. The fourth-order valence-corrected chi connectivity index (χ4v) is 3.47. The minimum absolute atomic E-state index is 0.0570. The number of pyridine rings is 1. The Hall–Kier alpha value is -2.60. The lowest BCUT2D eigenvalue weighted by Gasteiger charge is -2.26. The molecule has 27 heavy (non-hydrogen) atoms. The number of aliphatic hydroxyl groups excluding tert-OH is 1. The number of amides is 1. The van der Waals surface area contributed by atoms with Crippen LogP contribution in [0.15, 0.2) is 41.2 Å². The molecule has 1 amide bonds. The summed E-state index contributed by atoms with van der Waals surface area (Å²) in [5, 5.41) is 13.1. The first-order valence-electron chi connectivity index (χ1n) is 9.45. The van der Waals surface area contributed by atoms with Crippen LogP contribution in [0.3, 0.4) is 0 Å². The van der Waals surface area contributed by atoms with Crippen LogP contribution in [0.25, 0.3) is 11.3 Å². The van der Waals surface area contributed by atoms with Gasteiger partial charge in [0, 0.05) is 5.69 Å². The molecule has 1 aliphatic carbocycles. The van der Waals surface area contributed by atoms with E-state index in [4.69, 9.17) is 4.74 Å². The minimum atomic E-state index is -0.563. The van der Waals surface area contributed by atoms with Crippen molar-refractivity contribution in [3.05, 3.63) is 52.3 Å². The molecule has 3 rings (SSSR count). The number of nitrogens with one attached hydrogen (secondary N) is 2. The predicted octanol–water partition coefficient (Wildman–Crippen LogP) is 2.86. The number of carbonyl (C=O) groups excluding carboxylic acids is 1. The average molecular weight is 370 g/mol. The van der Waals surface area contributed by atoms with Crippen LogP contribution >= 0.6 is 0 Å². The van der Waals surface area contributed by atoms with Crippen LogP contribution in [0.5, 0.6) is 5.75 Å². The van der Waals surface area contributed by atoms with E-state index < -0.39 is 17.6 Å². The Morgan fingerprint density at radius 3 is 2.44 bits per heavy atom. The molecular weight excluding hydrogens is 344 g/mol. The van der Waals surface area contributed by atoms with Crippen molar-refractivity contribution in [1.82, 2.24) is 10.3 Å². The van der Waals surface area contributed by atoms with Crippen molar-refractivity contribution in [3.8, 4) is 17.0 Å². The van der Waals surface area contributed by atoms with E-state index >= 15 is 0 Å². The second-order valence-electron chi connectivity index (χ2n) is 6.98. The molecule has 1 aliphatic rings. The van der Waals surface area contributed by atoms with Crippen molar-refractivity contribution < 1.29 is 14.6 Å². The van der Waals surface area contributed by atoms with Gasteiger partial charge in [-0.1, -0.05) is 25.7 Å². The molecule has 0 aliphatic heterocycles. The van der Waals surface area contributed by atoms with E-state index in [0.29, 0.717) is 12.1 Å². The number of hydrogen-bond acceptors (Lipinski definition) is 4. The van der Waals surface area contributed by atoms with Crippen LogP contribution in [0.4, 0.5) is 0 Å². The number of aliphatic hydroxyl groups is 1. The van der Waals surface area contributed by atoms with Crippen LogP contribution < -0.4 is 15.6 Å². The average Bonchev–Trinajstić information content (AvgIpc) is 2.67. The van der Waals surface area contributed by atoms with Crippen molar-refractivity contribution in [2.75, 3.05) is 7.11 Å². The Morgan fingerprint density at radius 2 is 1.78 bits per heavy atom. The summed E-state index contributed by atoms with van der Waals surface area (Å²) in [7, 11) is 1.59. The fourth-order valence-electron chi connectivity index (χ4n) is 3.47. The zero-order valence-electron chi connectivity index (χ0n) is 15.5. The first-order valence-corrected chi connectivity index (χ1v) is 9.45. The van der Waals surface area contributed by atoms with E-state index in [1.807, 2.05) is 24.3 Å². The number of ether oxygens (including phenoxy) is 1. The second kappa shape index (κ2) is 8.86. The summed E-state index contributed by atoms with van der Waals surface area (Å²) in [5.74, 6) is 0.289. The van der Waals surface area contributed by atoms with Gasteiger partial charge in [-0.3, -0.25) is 9.59 Å². The maximum atomic E-state index is 12.6. The van der Waals surface area contributed by atoms with Crippen LogP contribution in [-0.4, -0.2) is 35.3 Å². The van der Waals surface area contributed by atoms with E-state index in [1.165, 1.54) is 6.07 Å². The number of aromatic amines is 1. The molecular formula is C21H26N2O4. The van der Waals surface area contributed by atoms with Crippen molar-refractivity contribution >= 4 is 5.91 Å². The monoisotopic (exact) mass is 370 g/mol. The van der Waals surface area contributed by atoms with E-state index in [1.54, 1.807) is 13.2 Å². The number of hydrogen-bond donors (Lipinski definition) is 3. The van der Waals surface area contributed by atoms with Gasteiger partial charge in [-0.15, -0.1) is 0 Å². The van der Waals surface area contributed by atoms with Crippen LogP contribution in [-0.2, 0) is 0 Å². The van der Waals surface area contributed by atoms with Crippen molar-refractivity contribution in [2.45, 2.75) is 50.7 Å². The van der Waals surface area contributed by atoms with Gasteiger partial charge in [0.15, 0.2) is 0 Å². The summed E-state index contributed by atoms with van der Waals surface area (Å²) >= 11 is 0. The molecule has 1 aromatic heterocycles. The molecule has 0 radical (unpaired) electrons. The summed E-state index contributed by atoms with van der Waals surface area (Å²) in [6.45, 7) is 0. The molecule has 6 nitrogen and oxygen atoms in total. The molecule has 1 saturated carbocycles. The van der Waals surface area contributed by atoms with Crippen LogP contribution in [0.1, 0.15) is 48.9 Å². The molecule has 2 atom stereocenters. The van der Waals surface area contributed by atoms with Crippen molar-refractivity contribution in [2.24, 2.45) is 0 Å². The largest absolute Gasteiger partial charge is 0.497 e. The number of H-pyrrole nitrogens is 1. The first kappa shape index (κ1) is 19.2. The Morgan fingerprint density at radius 1 is 1.07 bits per heavy atom. The van der Waals surface area contributed by atoms with Gasteiger partial charge in [0.05, 0.1) is 19.3 Å². The van der Waals surface area contributed by atoms with E-state index in [2.05, 4.69) is 10.3 Å². The Bertz CT molecular complexity index is 829. The van der Waals surface area contributed by atoms with Gasteiger partial charge in [-0.2, -0.15) is 0 Å². The second-order valence-corrected chi connectivity index (χ2v) is 6.98. The maximum absolute atomic E-state index is 12.6. The van der Waals surface area contributed by atoms with E-state index in [0.717, 1.165) is 43.4 Å². The van der Waals surface area contributed by atoms with Gasteiger partial charge in [-0.05, 0) is 54.8 Å². The Kier molecular flexibility index (Phi) is 6.29. The Balaban J connectivity index is 1.74. The Labute approximate surface area is 158 Å². The standard InChI is InChI=1S/C21H26N2O4/c1-27-15-10-8-14(9-11-15)17-13-12-16(20(25)22-17)21(26)23-18-6-4-2-3-5-7-19(18)24/h8-13,18-19,24H,2-7H2,1H3,(H,22,25)(H,23,26)/t18-,19-/m0/s1. The number of methoxy groups -OCH3 is 1. The summed E-state index contributed by atoms with van der Waals surface area (Å²) in [6, 6.07) is 10.2. The van der Waals surface area contributed by atoms with Gasteiger partial charge >= 0.3 is 0 Å². The van der Waals surface area contributed by atoms with Gasteiger partial charge in [0.2, 0.25) is 0 Å². The van der Waals surface area contributed by atoms with Crippen LogP contribution in [0, 0.1) is 0 Å². The van der Waals surface area contributed by atoms with Gasteiger partial charge in [0.1, 0.15) is 11.3 Å². The van der Waals surface area contributed by atoms with Gasteiger partial charge in [-0.25, -0.2) is 0 Å². The van der Waals surface area contributed by atoms with Crippen molar-refractivity contribution in [1.29, 1.82) is 0 Å². The lowest BCUT2D eigenvalue weighted by atomic mass is 9.94. The third-order valence-corrected chi connectivity index (χ3v) is 5.10. The predicted molar refractivity (Wildman–Crippen MR) is 104 cm³/mol. The summed E-state index contributed by atoms with van der Waals surface area (Å²) in [5.41, 5.74) is 1.07. The fraction of sp³-hybridized carbons (Fsp3) is 0.429. The minimum Gasteiger partial charge on any atom is -0.497 e. The maximum Gasteiger partial charge on any atom is 0.261 e. The lowest BCUT2D eigenvalue weighted by Crippen LogP contribution is -2.45. The van der Waals surface area contributed by atoms with E-state index in [-0.39, 0.29) is 11.6 Å². The van der Waals surface area contributed by atoms with Gasteiger partial charge < -0.3 is 20.1 Å². The zero-order chi connectivity index (χ0) is 19.2. The molecule has 3 N–H and O–H groups in total.